The van der Waals surface area contributed by atoms with Crippen LogP contribution in [0.1, 0.15) is 70.3 Å². The fraction of sp³-hybridized carbons (Fsp3) is 0.444. The number of carbonyl (C=O) groups is 1. The van der Waals surface area contributed by atoms with E-state index >= 15 is 0 Å². The molecule has 0 aliphatic heterocycles. The minimum atomic E-state index is -0.0906. The van der Waals surface area contributed by atoms with Crippen molar-refractivity contribution in [1.82, 2.24) is 0 Å². The Morgan fingerprint density at radius 2 is 1.48 bits per heavy atom. The maximum Gasteiger partial charge on any atom is 0.311 e. The van der Waals surface area contributed by atoms with Crippen molar-refractivity contribution in [3.63, 3.8) is 0 Å². The molecule has 0 saturated heterocycles. The smallest absolute Gasteiger partial charge is 0.311 e. The van der Waals surface area contributed by atoms with Crippen molar-refractivity contribution >= 4 is 27.5 Å². The number of unbranched alkanes of at least 4 members (excludes halogenated alkanes) is 1. The first-order chi connectivity index (χ1) is 14.3. The fourth-order valence-corrected chi connectivity index (χ4v) is 4.87. The average molecular weight is 389 g/mol. The van der Waals surface area contributed by atoms with E-state index in [9.17, 15) is 4.79 Å². The second kappa shape index (κ2) is 9.43. The number of hydrogen-bond donors (Lipinski definition) is 0. The summed E-state index contributed by atoms with van der Waals surface area (Å²) in [6.45, 7) is 2.23. The Hall–Kier alpha value is -2.35. The largest absolute Gasteiger partial charge is 0.425 e. The summed E-state index contributed by atoms with van der Waals surface area (Å²) in [5.74, 6) is 1.35. The zero-order valence-corrected chi connectivity index (χ0v) is 17.6. The number of rotatable bonds is 7. The fourth-order valence-electron chi connectivity index (χ4n) is 4.87. The van der Waals surface area contributed by atoms with Crippen LogP contribution >= 0.6 is 0 Å². The highest BCUT2D eigenvalue weighted by atomic mass is 16.5. The van der Waals surface area contributed by atoms with Gasteiger partial charge in [-0.3, -0.25) is 4.79 Å². The molecule has 3 aromatic rings. The van der Waals surface area contributed by atoms with E-state index in [1.807, 2.05) is 12.1 Å². The molecule has 2 heteroatoms. The number of carbonyl (C=O) groups excluding carboxylic acids is 1. The van der Waals surface area contributed by atoms with E-state index < -0.39 is 0 Å². The molecule has 0 N–H and O–H groups in total. The molecule has 0 bridgehead atoms. The maximum atomic E-state index is 12.8. The van der Waals surface area contributed by atoms with Gasteiger partial charge in [-0.2, -0.15) is 0 Å². The molecular formula is C27H32O2. The SMILES string of the molecule is CCCCc1c2ccccc2c(OC(=O)CCC2CCCCC2)c2ccccc12. The van der Waals surface area contributed by atoms with Crippen LogP contribution in [0.15, 0.2) is 48.5 Å². The van der Waals surface area contributed by atoms with Gasteiger partial charge in [0, 0.05) is 17.2 Å². The number of aryl methyl sites for hydroxylation is 1. The molecule has 0 unspecified atom stereocenters. The van der Waals surface area contributed by atoms with Gasteiger partial charge in [0.25, 0.3) is 0 Å². The van der Waals surface area contributed by atoms with E-state index in [4.69, 9.17) is 4.74 Å². The molecule has 2 nitrogen and oxygen atoms in total. The molecule has 0 aromatic heterocycles. The summed E-state index contributed by atoms with van der Waals surface area (Å²) in [6.07, 6.45) is 11.4. The van der Waals surface area contributed by atoms with Gasteiger partial charge in [0.1, 0.15) is 5.75 Å². The molecule has 29 heavy (non-hydrogen) atoms. The lowest BCUT2D eigenvalue weighted by molar-refractivity contribution is -0.134. The third-order valence-corrected chi connectivity index (χ3v) is 6.47. The highest BCUT2D eigenvalue weighted by molar-refractivity contribution is 6.09. The summed E-state index contributed by atoms with van der Waals surface area (Å²) in [4.78, 5) is 12.8. The van der Waals surface area contributed by atoms with Crippen LogP contribution in [0.25, 0.3) is 21.5 Å². The Balaban J connectivity index is 1.66. The second-order valence-electron chi connectivity index (χ2n) is 8.52. The zero-order valence-electron chi connectivity index (χ0n) is 17.6. The Labute approximate surface area is 174 Å². The molecule has 3 aromatic carbocycles. The van der Waals surface area contributed by atoms with Crippen LogP contribution in [0.3, 0.4) is 0 Å². The number of ether oxygens (including phenoxy) is 1. The molecule has 152 valence electrons. The first-order valence-corrected chi connectivity index (χ1v) is 11.4. The van der Waals surface area contributed by atoms with E-state index in [0.717, 1.165) is 35.8 Å². The molecule has 0 radical (unpaired) electrons. The van der Waals surface area contributed by atoms with Crippen molar-refractivity contribution in [2.24, 2.45) is 5.92 Å². The molecular weight excluding hydrogens is 356 g/mol. The number of fused-ring (bicyclic) bond motifs is 2. The summed E-state index contributed by atoms with van der Waals surface area (Å²) in [5.41, 5.74) is 1.38. The quantitative estimate of drug-likeness (QED) is 0.237. The maximum absolute atomic E-state index is 12.8. The van der Waals surface area contributed by atoms with Crippen molar-refractivity contribution in [2.45, 2.75) is 71.1 Å². The average Bonchev–Trinajstić information content (AvgIpc) is 2.78. The van der Waals surface area contributed by atoms with Crippen LogP contribution < -0.4 is 4.74 Å². The Morgan fingerprint density at radius 1 is 0.897 bits per heavy atom. The molecule has 1 fully saturated rings. The Kier molecular flexibility index (Phi) is 6.49. The predicted molar refractivity (Wildman–Crippen MR) is 122 cm³/mol. The Bertz CT molecular complexity index is 925. The Morgan fingerprint density at radius 3 is 2.07 bits per heavy atom. The van der Waals surface area contributed by atoms with Gasteiger partial charge in [-0.05, 0) is 41.5 Å². The van der Waals surface area contributed by atoms with E-state index in [1.165, 1.54) is 54.9 Å². The summed E-state index contributed by atoms with van der Waals surface area (Å²) in [7, 11) is 0. The normalized spacial score (nSPS) is 15.1. The number of benzene rings is 3. The second-order valence-corrected chi connectivity index (χ2v) is 8.52. The van der Waals surface area contributed by atoms with E-state index in [0.29, 0.717) is 12.3 Å². The van der Waals surface area contributed by atoms with E-state index in [-0.39, 0.29) is 5.97 Å². The molecule has 0 amide bonds. The van der Waals surface area contributed by atoms with Gasteiger partial charge in [0.15, 0.2) is 0 Å². The summed E-state index contributed by atoms with van der Waals surface area (Å²) in [5, 5.41) is 4.55. The molecule has 4 rings (SSSR count). The number of esters is 1. The van der Waals surface area contributed by atoms with Gasteiger partial charge in [-0.15, -0.1) is 0 Å². The van der Waals surface area contributed by atoms with Gasteiger partial charge >= 0.3 is 5.97 Å². The first-order valence-electron chi connectivity index (χ1n) is 11.4. The standard InChI is InChI=1S/C27H32O2/c1-2-3-13-21-22-14-7-9-16-24(22)27(25-17-10-8-15-23(21)25)29-26(28)19-18-20-11-5-4-6-12-20/h7-10,14-17,20H,2-6,11-13,18-19H2,1H3. The zero-order chi connectivity index (χ0) is 20.1. The van der Waals surface area contributed by atoms with Gasteiger partial charge in [-0.1, -0.05) is 94.0 Å². The highest BCUT2D eigenvalue weighted by Crippen LogP contribution is 2.39. The minimum Gasteiger partial charge on any atom is -0.425 e. The van der Waals surface area contributed by atoms with Crippen molar-refractivity contribution in [3.05, 3.63) is 54.1 Å². The molecule has 1 aliphatic carbocycles. The number of hydrogen-bond acceptors (Lipinski definition) is 2. The van der Waals surface area contributed by atoms with Crippen LogP contribution in [-0.4, -0.2) is 5.97 Å². The molecule has 0 heterocycles. The summed E-state index contributed by atoms with van der Waals surface area (Å²) >= 11 is 0. The van der Waals surface area contributed by atoms with E-state index in [1.54, 1.807) is 0 Å². The first kappa shape index (κ1) is 19.9. The van der Waals surface area contributed by atoms with Crippen LogP contribution in [0, 0.1) is 5.92 Å². The van der Waals surface area contributed by atoms with Crippen molar-refractivity contribution < 1.29 is 9.53 Å². The van der Waals surface area contributed by atoms with Crippen molar-refractivity contribution in [1.29, 1.82) is 0 Å². The summed E-state index contributed by atoms with van der Waals surface area (Å²) < 4.78 is 6.05. The van der Waals surface area contributed by atoms with Crippen LogP contribution in [0.5, 0.6) is 5.75 Å². The van der Waals surface area contributed by atoms with Gasteiger partial charge in [0.05, 0.1) is 0 Å². The molecule has 1 aliphatic rings. The summed E-state index contributed by atoms with van der Waals surface area (Å²) in [6, 6.07) is 16.8. The molecule has 0 spiro atoms. The lowest BCUT2D eigenvalue weighted by Crippen LogP contribution is -2.13. The van der Waals surface area contributed by atoms with Gasteiger partial charge in [-0.25, -0.2) is 0 Å². The van der Waals surface area contributed by atoms with Gasteiger partial charge < -0.3 is 4.74 Å². The van der Waals surface area contributed by atoms with Crippen LogP contribution in [0.4, 0.5) is 0 Å². The lowest BCUT2D eigenvalue weighted by atomic mass is 9.86. The monoisotopic (exact) mass is 388 g/mol. The topological polar surface area (TPSA) is 26.3 Å². The van der Waals surface area contributed by atoms with E-state index in [2.05, 4.69) is 43.3 Å². The van der Waals surface area contributed by atoms with Gasteiger partial charge in [0.2, 0.25) is 0 Å². The molecule has 0 atom stereocenters. The third-order valence-electron chi connectivity index (χ3n) is 6.47. The highest BCUT2D eigenvalue weighted by Gasteiger charge is 2.19. The van der Waals surface area contributed by atoms with Crippen molar-refractivity contribution in [3.8, 4) is 5.75 Å². The molecule has 1 saturated carbocycles. The minimum absolute atomic E-state index is 0.0906. The predicted octanol–water partition coefficient (Wildman–Crippen LogP) is 7.60. The van der Waals surface area contributed by atoms with Crippen LogP contribution in [-0.2, 0) is 11.2 Å². The third kappa shape index (κ3) is 4.47. The van der Waals surface area contributed by atoms with Crippen LogP contribution in [0.2, 0.25) is 0 Å². The lowest BCUT2D eigenvalue weighted by Gasteiger charge is -2.21. The van der Waals surface area contributed by atoms with Crippen molar-refractivity contribution in [2.75, 3.05) is 0 Å².